The van der Waals surface area contributed by atoms with Gasteiger partial charge >= 0.3 is 0 Å². The van der Waals surface area contributed by atoms with Crippen molar-refractivity contribution in [2.45, 2.75) is 13.3 Å². The lowest BCUT2D eigenvalue weighted by molar-refractivity contribution is 0.0996. The monoisotopic (exact) mass is 277 g/mol. The molecule has 0 bridgehead atoms. The van der Waals surface area contributed by atoms with E-state index in [0.29, 0.717) is 23.6 Å². The van der Waals surface area contributed by atoms with Gasteiger partial charge in [-0.1, -0.05) is 0 Å². The Morgan fingerprint density at radius 2 is 2.26 bits per heavy atom. The van der Waals surface area contributed by atoms with Crippen molar-refractivity contribution >= 4 is 22.9 Å². The fourth-order valence-corrected chi connectivity index (χ4v) is 2.45. The number of carbonyl (C=O) groups excluding carboxylic acids is 1. The maximum Gasteiger partial charge on any atom is 0.252 e. The molecule has 1 amide bonds. The minimum Gasteiger partial charge on any atom is -0.492 e. The highest BCUT2D eigenvalue weighted by molar-refractivity contribution is 7.09. The lowest BCUT2D eigenvalue weighted by atomic mass is 10.1. The lowest BCUT2D eigenvalue weighted by Gasteiger charge is -2.09. The number of carbonyl (C=O) groups is 1. The fourth-order valence-electron chi connectivity index (χ4n) is 1.69. The highest BCUT2D eigenvalue weighted by Gasteiger charge is 2.10. The molecule has 19 heavy (non-hydrogen) atoms. The summed E-state index contributed by atoms with van der Waals surface area (Å²) in [5.74, 6) is -0.0832. The molecule has 0 fully saturated rings. The van der Waals surface area contributed by atoms with E-state index in [1.807, 2.05) is 12.4 Å². The van der Waals surface area contributed by atoms with E-state index in [-0.39, 0.29) is 0 Å². The van der Waals surface area contributed by atoms with Gasteiger partial charge in [-0.15, -0.1) is 11.3 Å². The maximum atomic E-state index is 11.3. The summed E-state index contributed by atoms with van der Waals surface area (Å²) in [6.45, 7) is 2.43. The predicted octanol–water partition coefficient (Wildman–Crippen LogP) is 1.75. The van der Waals surface area contributed by atoms with Crippen LogP contribution in [0.3, 0.4) is 0 Å². The molecule has 2 rings (SSSR count). The van der Waals surface area contributed by atoms with Crippen LogP contribution < -0.4 is 16.2 Å². The summed E-state index contributed by atoms with van der Waals surface area (Å²) in [5.41, 5.74) is 14.5. The number of hydrogen-bond donors (Lipinski definition) is 2. The summed E-state index contributed by atoms with van der Waals surface area (Å²) in [6.07, 6.45) is 0.749. The quantitative estimate of drug-likeness (QED) is 0.814. The summed E-state index contributed by atoms with van der Waals surface area (Å²) in [4.78, 5) is 16.6. The molecule has 2 aromatic rings. The number of anilines is 1. The first kappa shape index (κ1) is 13.4. The van der Waals surface area contributed by atoms with Gasteiger partial charge in [0.05, 0.1) is 23.4 Å². The van der Waals surface area contributed by atoms with Crippen LogP contribution in [-0.4, -0.2) is 17.5 Å². The molecule has 5 nitrogen and oxygen atoms in total. The van der Waals surface area contributed by atoms with Gasteiger partial charge in [0.1, 0.15) is 5.75 Å². The smallest absolute Gasteiger partial charge is 0.252 e. The number of thiazole rings is 1. The standard InChI is InChI=1S/C13H15N3O2S/c1-8-12(19-7-16-8)4-5-18-11-3-2-9(14)6-10(11)13(15)17/h2-3,6-7H,4-5,14H2,1H3,(H2,15,17). The van der Waals surface area contributed by atoms with Crippen LogP contribution in [-0.2, 0) is 6.42 Å². The first-order valence-electron chi connectivity index (χ1n) is 5.79. The van der Waals surface area contributed by atoms with Crippen LogP contribution in [0, 0.1) is 6.92 Å². The van der Waals surface area contributed by atoms with Crippen molar-refractivity contribution in [3.05, 3.63) is 39.8 Å². The van der Waals surface area contributed by atoms with Gasteiger partial charge in [0.2, 0.25) is 0 Å². The summed E-state index contributed by atoms with van der Waals surface area (Å²) in [6, 6.07) is 4.87. The maximum absolute atomic E-state index is 11.3. The SMILES string of the molecule is Cc1ncsc1CCOc1ccc(N)cc1C(N)=O. The number of hydrogen-bond acceptors (Lipinski definition) is 5. The Morgan fingerprint density at radius 3 is 2.89 bits per heavy atom. The highest BCUT2D eigenvalue weighted by atomic mass is 32.1. The number of amides is 1. The number of aryl methyl sites for hydroxylation is 1. The molecular weight excluding hydrogens is 262 g/mol. The predicted molar refractivity (Wildman–Crippen MR) is 75.4 cm³/mol. The molecule has 0 radical (unpaired) electrons. The molecule has 0 spiro atoms. The van der Waals surface area contributed by atoms with E-state index in [2.05, 4.69) is 4.98 Å². The Labute approximate surface area is 115 Å². The fraction of sp³-hybridized carbons (Fsp3) is 0.231. The van der Waals surface area contributed by atoms with Crippen LogP contribution >= 0.6 is 11.3 Å². The zero-order valence-electron chi connectivity index (χ0n) is 10.6. The minimum atomic E-state index is -0.545. The number of primary amides is 1. The molecule has 0 saturated carbocycles. The van der Waals surface area contributed by atoms with Crippen LogP contribution in [0.5, 0.6) is 5.75 Å². The number of ether oxygens (including phenoxy) is 1. The van der Waals surface area contributed by atoms with Crippen molar-refractivity contribution < 1.29 is 9.53 Å². The molecule has 1 aromatic carbocycles. The number of rotatable bonds is 5. The molecule has 0 unspecified atom stereocenters. The normalized spacial score (nSPS) is 10.4. The summed E-state index contributed by atoms with van der Waals surface area (Å²) in [5, 5.41) is 0. The van der Waals surface area contributed by atoms with E-state index in [9.17, 15) is 4.79 Å². The van der Waals surface area contributed by atoms with Crippen molar-refractivity contribution in [3.8, 4) is 5.75 Å². The number of nitrogens with zero attached hydrogens (tertiary/aromatic N) is 1. The topological polar surface area (TPSA) is 91.2 Å². The second kappa shape index (κ2) is 5.71. The van der Waals surface area contributed by atoms with E-state index in [1.54, 1.807) is 23.5 Å². The van der Waals surface area contributed by atoms with Crippen molar-refractivity contribution in [2.24, 2.45) is 5.73 Å². The van der Waals surface area contributed by atoms with Gasteiger partial charge in [-0.05, 0) is 25.1 Å². The van der Waals surface area contributed by atoms with Crippen molar-refractivity contribution in [3.63, 3.8) is 0 Å². The molecular formula is C13H15N3O2S. The van der Waals surface area contributed by atoms with Gasteiger partial charge in [0, 0.05) is 17.0 Å². The van der Waals surface area contributed by atoms with Crippen LogP contribution in [0.1, 0.15) is 20.9 Å². The molecule has 6 heteroatoms. The zero-order valence-corrected chi connectivity index (χ0v) is 11.4. The molecule has 0 saturated heterocycles. The third-order valence-corrected chi connectivity index (χ3v) is 3.70. The Morgan fingerprint density at radius 1 is 1.47 bits per heavy atom. The van der Waals surface area contributed by atoms with Gasteiger partial charge in [0.25, 0.3) is 5.91 Å². The molecule has 1 heterocycles. The molecule has 100 valence electrons. The summed E-state index contributed by atoms with van der Waals surface area (Å²) in [7, 11) is 0. The van der Waals surface area contributed by atoms with E-state index >= 15 is 0 Å². The van der Waals surface area contributed by atoms with Gasteiger partial charge in [-0.3, -0.25) is 4.79 Å². The average Bonchev–Trinajstić information content (AvgIpc) is 2.77. The van der Waals surface area contributed by atoms with Gasteiger partial charge in [0.15, 0.2) is 0 Å². The second-order valence-electron chi connectivity index (χ2n) is 4.08. The van der Waals surface area contributed by atoms with Crippen LogP contribution in [0.4, 0.5) is 5.69 Å². The van der Waals surface area contributed by atoms with Gasteiger partial charge < -0.3 is 16.2 Å². The van der Waals surface area contributed by atoms with Crippen molar-refractivity contribution in [1.29, 1.82) is 0 Å². The third kappa shape index (κ3) is 3.23. The molecule has 4 N–H and O–H groups in total. The van der Waals surface area contributed by atoms with E-state index in [0.717, 1.165) is 12.1 Å². The molecule has 1 aromatic heterocycles. The number of nitrogens with two attached hydrogens (primary N) is 2. The van der Waals surface area contributed by atoms with E-state index in [4.69, 9.17) is 16.2 Å². The first-order valence-corrected chi connectivity index (χ1v) is 6.67. The van der Waals surface area contributed by atoms with Gasteiger partial charge in [-0.2, -0.15) is 0 Å². The van der Waals surface area contributed by atoms with Crippen LogP contribution in [0.25, 0.3) is 0 Å². The third-order valence-electron chi connectivity index (χ3n) is 2.70. The summed E-state index contributed by atoms with van der Waals surface area (Å²) < 4.78 is 5.60. The van der Waals surface area contributed by atoms with Crippen LogP contribution in [0.15, 0.2) is 23.7 Å². The van der Waals surface area contributed by atoms with Crippen LogP contribution in [0.2, 0.25) is 0 Å². The molecule has 0 aliphatic rings. The Kier molecular flexibility index (Phi) is 4.01. The number of aromatic nitrogens is 1. The minimum absolute atomic E-state index is 0.307. The van der Waals surface area contributed by atoms with E-state index < -0.39 is 5.91 Å². The highest BCUT2D eigenvalue weighted by Crippen LogP contribution is 2.21. The molecule has 0 atom stereocenters. The lowest BCUT2D eigenvalue weighted by Crippen LogP contribution is -2.14. The Hall–Kier alpha value is -2.08. The zero-order chi connectivity index (χ0) is 13.8. The summed E-state index contributed by atoms with van der Waals surface area (Å²) >= 11 is 1.59. The number of nitrogen functional groups attached to an aromatic ring is 1. The number of benzene rings is 1. The second-order valence-corrected chi connectivity index (χ2v) is 5.02. The molecule has 0 aliphatic carbocycles. The average molecular weight is 277 g/mol. The van der Waals surface area contributed by atoms with Crippen molar-refractivity contribution in [1.82, 2.24) is 4.98 Å². The Bertz CT molecular complexity index is 595. The van der Waals surface area contributed by atoms with E-state index in [1.165, 1.54) is 10.9 Å². The van der Waals surface area contributed by atoms with Gasteiger partial charge in [-0.25, -0.2) is 4.98 Å². The van der Waals surface area contributed by atoms with Crippen molar-refractivity contribution in [2.75, 3.05) is 12.3 Å². The molecule has 0 aliphatic heterocycles. The largest absolute Gasteiger partial charge is 0.492 e. The first-order chi connectivity index (χ1) is 9.08. The Balaban J connectivity index is 2.03.